The number of pyridine rings is 1. The Kier molecular flexibility index (Phi) is 5.62. The third-order valence-corrected chi connectivity index (χ3v) is 3.22. The van der Waals surface area contributed by atoms with Gasteiger partial charge in [0, 0.05) is 18.8 Å². The number of hydrogen-bond acceptors (Lipinski definition) is 3. The van der Waals surface area contributed by atoms with E-state index in [0.717, 1.165) is 31.5 Å². The molecule has 1 heterocycles. The van der Waals surface area contributed by atoms with Crippen LogP contribution in [0.1, 0.15) is 50.4 Å². The minimum absolute atomic E-state index is 0.318. The highest BCUT2D eigenvalue weighted by Crippen LogP contribution is 2.23. The van der Waals surface area contributed by atoms with Gasteiger partial charge in [0.05, 0.1) is 17.4 Å². The first-order valence-electron chi connectivity index (χ1n) is 6.55. The van der Waals surface area contributed by atoms with Crippen LogP contribution in [-0.4, -0.2) is 28.6 Å². The van der Waals surface area contributed by atoms with E-state index in [1.807, 2.05) is 0 Å². The van der Waals surface area contributed by atoms with Gasteiger partial charge in [0.2, 0.25) is 0 Å². The van der Waals surface area contributed by atoms with Gasteiger partial charge in [0.15, 0.2) is 0 Å². The smallest absolute Gasteiger partial charge is 0.337 e. The number of anilines is 1. The summed E-state index contributed by atoms with van der Waals surface area (Å²) in [5.41, 5.74) is 1.06. The Hall–Kier alpha value is -1.58. The average molecular weight is 250 g/mol. The van der Waals surface area contributed by atoms with Gasteiger partial charge in [-0.05, 0) is 25.8 Å². The minimum atomic E-state index is -0.891. The summed E-state index contributed by atoms with van der Waals surface area (Å²) in [4.78, 5) is 17.5. The van der Waals surface area contributed by atoms with E-state index in [9.17, 15) is 9.90 Å². The highest BCUT2D eigenvalue weighted by molar-refractivity contribution is 5.94. The molecule has 1 aromatic heterocycles. The van der Waals surface area contributed by atoms with E-state index in [4.69, 9.17) is 0 Å². The number of carboxylic acid groups (broad SMARTS) is 1. The molecule has 0 aromatic carbocycles. The second kappa shape index (κ2) is 6.99. The molecule has 0 aliphatic rings. The van der Waals surface area contributed by atoms with Crippen LogP contribution in [0.2, 0.25) is 0 Å². The molecule has 4 heteroatoms. The molecule has 1 unspecified atom stereocenters. The number of carbonyl (C=O) groups is 1. The lowest BCUT2D eigenvalue weighted by Crippen LogP contribution is -2.34. The Labute approximate surface area is 109 Å². The third-order valence-electron chi connectivity index (χ3n) is 3.22. The second-order valence-corrected chi connectivity index (χ2v) is 4.50. The lowest BCUT2D eigenvalue weighted by Gasteiger charge is -2.31. The molecule has 100 valence electrons. The summed E-state index contributed by atoms with van der Waals surface area (Å²) in [6.45, 7) is 7.24. The van der Waals surface area contributed by atoms with Crippen LogP contribution in [0.3, 0.4) is 0 Å². The molecule has 0 spiro atoms. The number of nitrogens with zero attached hydrogens (tertiary/aromatic N) is 2. The zero-order valence-corrected chi connectivity index (χ0v) is 11.4. The first-order chi connectivity index (χ1) is 8.61. The largest absolute Gasteiger partial charge is 0.478 e. The number of rotatable bonds is 7. The Balaban J connectivity index is 3.07. The molecule has 4 nitrogen and oxygen atoms in total. The zero-order valence-electron chi connectivity index (χ0n) is 11.4. The lowest BCUT2D eigenvalue weighted by molar-refractivity contribution is 0.0697. The maximum Gasteiger partial charge on any atom is 0.337 e. The fourth-order valence-electron chi connectivity index (χ4n) is 1.92. The van der Waals surface area contributed by atoms with Crippen LogP contribution >= 0.6 is 0 Å². The van der Waals surface area contributed by atoms with E-state index in [2.05, 4.69) is 30.7 Å². The normalized spacial score (nSPS) is 12.2. The molecule has 1 N–H and O–H groups in total. The van der Waals surface area contributed by atoms with Crippen molar-refractivity contribution in [1.29, 1.82) is 0 Å². The van der Waals surface area contributed by atoms with Crippen LogP contribution in [0.4, 0.5) is 5.69 Å². The van der Waals surface area contributed by atoms with E-state index < -0.39 is 5.97 Å². The molecule has 1 atom stereocenters. The number of hydrogen-bond donors (Lipinski definition) is 1. The van der Waals surface area contributed by atoms with Gasteiger partial charge in [-0.2, -0.15) is 0 Å². The van der Waals surface area contributed by atoms with Crippen molar-refractivity contribution in [2.75, 3.05) is 11.4 Å². The van der Waals surface area contributed by atoms with Gasteiger partial charge in [-0.3, -0.25) is 4.98 Å². The Bertz CT molecular complexity index is 393. The molecule has 0 fully saturated rings. The zero-order chi connectivity index (χ0) is 13.5. The fourth-order valence-corrected chi connectivity index (χ4v) is 1.92. The lowest BCUT2D eigenvalue weighted by atomic mass is 10.1. The van der Waals surface area contributed by atoms with Gasteiger partial charge in [-0.25, -0.2) is 4.79 Å². The van der Waals surface area contributed by atoms with Gasteiger partial charge in [0.1, 0.15) is 0 Å². The summed E-state index contributed by atoms with van der Waals surface area (Å²) >= 11 is 0. The van der Waals surface area contributed by atoms with Crippen molar-refractivity contribution in [3.8, 4) is 0 Å². The highest BCUT2D eigenvalue weighted by Gasteiger charge is 2.19. The van der Waals surface area contributed by atoms with Crippen LogP contribution < -0.4 is 4.90 Å². The van der Waals surface area contributed by atoms with E-state index in [1.165, 1.54) is 6.20 Å². The molecule has 0 bridgehead atoms. The molecular formula is C14H22N2O2. The maximum absolute atomic E-state index is 11.3. The maximum atomic E-state index is 11.3. The van der Waals surface area contributed by atoms with E-state index in [0.29, 0.717) is 11.6 Å². The molecule has 1 rings (SSSR count). The molecule has 0 aliphatic carbocycles. The standard InChI is InChI=1S/C14H22N2O2/c1-4-6-9-16(11(3)5-2)13-10-15-8-7-12(13)14(17)18/h7-8,10-11H,4-6,9H2,1-3H3,(H,17,18). The monoisotopic (exact) mass is 250 g/mol. The van der Waals surface area contributed by atoms with Crippen LogP contribution in [0.15, 0.2) is 18.5 Å². The predicted octanol–water partition coefficient (Wildman–Crippen LogP) is 3.18. The summed E-state index contributed by atoms with van der Waals surface area (Å²) < 4.78 is 0. The highest BCUT2D eigenvalue weighted by atomic mass is 16.4. The Morgan fingerprint density at radius 1 is 1.50 bits per heavy atom. The summed E-state index contributed by atoms with van der Waals surface area (Å²) in [6.07, 6.45) is 6.32. The number of aromatic carboxylic acids is 1. The van der Waals surface area contributed by atoms with E-state index in [-0.39, 0.29) is 0 Å². The van der Waals surface area contributed by atoms with Gasteiger partial charge in [-0.1, -0.05) is 20.3 Å². The van der Waals surface area contributed by atoms with Crippen LogP contribution in [0, 0.1) is 0 Å². The summed E-state index contributed by atoms with van der Waals surface area (Å²) in [5, 5.41) is 9.24. The molecule has 0 saturated carbocycles. The van der Waals surface area contributed by atoms with Gasteiger partial charge in [0.25, 0.3) is 0 Å². The first kappa shape index (κ1) is 14.5. The molecule has 0 aliphatic heterocycles. The molecular weight excluding hydrogens is 228 g/mol. The topological polar surface area (TPSA) is 53.4 Å². The fraction of sp³-hybridized carbons (Fsp3) is 0.571. The van der Waals surface area contributed by atoms with Crippen molar-refractivity contribution >= 4 is 11.7 Å². The Morgan fingerprint density at radius 3 is 2.78 bits per heavy atom. The molecule has 0 amide bonds. The van der Waals surface area contributed by atoms with Crippen LogP contribution in [0.25, 0.3) is 0 Å². The third kappa shape index (κ3) is 3.45. The predicted molar refractivity (Wildman–Crippen MR) is 73.2 cm³/mol. The second-order valence-electron chi connectivity index (χ2n) is 4.50. The van der Waals surface area contributed by atoms with Crippen LogP contribution in [-0.2, 0) is 0 Å². The quantitative estimate of drug-likeness (QED) is 0.807. The van der Waals surface area contributed by atoms with Gasteiger partial charge in [-0.15, -0.1) is 0 Å². The number of carboxylic acids is 1. The molecule has 1 aromatic rings. The summed E-state index contributed by atoms with van der Waals surface area (Å²) in [5.74, 6) is -0.891. The van der Waals surface area contributed by atoms with E-state index >= 15 is 0 Å². The first-order valence-corrected chi connectivity index (χ1v) is 6.55. The van der Waals surface area contributed by atoms with Crippen LogP contribution in [0.5, 0.6) is 0 Å². The van der Waals surface area contributed by atoms with Gasteiger partial charge < -0.3 is 10.0 Å². The summed E-state index contributed by atoms with van der Waals surface area (Å²) in [6, 6.07) is 1.89. The molecule has 0 radical (unpaired) electrons. The Morgan fingerprint density at radius 2 is 2.22 bits per heavy atom. The van der Waals surface area contributed by atoms with Crippen molar-refractivity contribution in [2.45, 2.75) is 46.1 Å². The van der Waals surface area contributed by atoms with Crippen molar-refractivity contribution < 1.29 is 9.90 Å². The summed E-state index contributed by atoms with van der Waals surface area (Å²) in [7, 11) is 0. The minimum Gasteiger partial charge on any atom is -0.478 e. The van der Waals surface area contributed by atoms with Crippen molar-refractivity contribution in [3.63, 3.8) is 0 Å². The number of unbranched alkanes of at least 4 members (excludes halogenated alkanes) is 1. The molecule has 18 heavy (non-hydrogen) atoms. The van der Waals surface area contributed by atoms with Crippen molar-refractivity contribution in [3.05, 3.63) is 24.0 Å². The SMILES string of the molecule is CCCCN(c1cnccc1C(=O)O)C(C)CC. The average Bonchev–Trinajstić information content (AvgIpc) is 2.39. The van der Waals surface area contributed by atoms with Crippen molar-refractivity contribution in [2.24, 2.45) is 0 Å². The van der Waals surface area contributed by atoms with Gasteiger partial charge >= 0.3 is 5.97 Å². The van der Waals surface area contributed by atoms with E-state index in [1.54, 1.807) is 12.3 Å². The number of aromatic nitrogens is 1. The van der Waals surface area contributed by atoms with Crippen molar-refractivity contribution in [1.82, 2.24) is 4.98 Å². The molecule has 0 saturated heterocycles.